The molecule has 8 heteroatoms. The number of rotatable bonds is 8. The molecule has 1 atom stereocenters. The molecule has 3 rings (SSSR count). The minimum absolute atomic E-state index is 0.0946. The lowest BCUT2D eigenvalue weighted by Gasteiger charge is -2.38. The first-order valence-corrected chi connectivity index (χ1v) is 11.9. The fourth-order valence-corrected chi connectivity index (χ4v) is 4.81. The molecule has 1 aliphatic rings. The summed E-state index contributed by atoms with van der Waals surface area (Å²) in [7, 11) is 1.40. The van der Waals surface area contributed by atoms with Crippen LogP contribution in [0, 0.1) is 5.41 Å². The molecule has 0 radical (unpaired) electrons. The minimum atomic E-state index is -4.91. The number of hydrogen-bond donors (Lipinski definition) is 1. The Bertz CT molecular complexity index is 1250. The fourth-order valence-electron chi connectivity index (χ4n) is 4.41. The summed E-state index contributed by atoms with van der Waals surface area (Å²) in [5.74, 6) is -0.297. The van der Waals surface area contributed by atoms with Gasteiger partial charge in [0.25, 0.3) is 0 Å². The normalized spacial score (nSPS) is 16.0. The molecule has 2 nitrogen and oxygen atoms in total. The number of benzene rings is 2. The standard InChI is InChI=1S/C28H26Cl2F4O2/c1-26(2,16-20-7-9-22(31)10-12-25(20)36-3)17-27(35,28(32,33)34)15-18-5-4-6-19(13-18)23-14-21(29)8-11-24(23)30/h4-8,10-14,35H,15-17H2,1-3H3. The molecule has 2 aromatic carbocycles. The zero-order valence-electron chi connectivity index (χ0n) is 20.0. The van der Waals surface area contributed by atoms with Crippen LogP contribution in [0.1, 0.15) is 32.3 Å². The summed E-state index contributed by atoms with van der Waals surface area (Å²) in [4.78, 5) is 0. The van der Waals surface area contributed by atoms with Crippen molar-refractivity contribution in [1.82, 2.24) is 0 Å². The summed E-state index contributed by atoms with van der Waals surface area (Å²) in [6.07, 6.45) is -2.14. The van der Waals surface area contributed by atoms with E-state index < -0.39 is 35.9 Å². The highest BCUT2D eigenvalue weighted by molar-refractivity contribution is 6.35. The molecular formula is C28H26Cl2F4O2. The topological polar surface area (TPSA) is 29.5 Å². The Morgan fingerprint density at radius 3 is 2.39 bits per heavy atom. The molecule has 192 valence electrons. The highest BCUT2D eigenvalue weighted by Gasteiger charge is 2.55. The van der Waals surface area contributed by atoms with Crippen LogP contribution in [0.2, 0.25) is 10.0 Å². The average molecular weight is 541 g/mol. The third kappa shape index (κ3) is 6.83. The van der Waals surface area contributed by atoms with Crippen molar-refractivity contribution in [3.63, 3.8) is 0 Å². The third-order valence-corrected chi connectivity index (χ3v) is 6.50. The summed E-state index contributed by atoms with van der Waals surface area (Å²) in [5, 5.41) is 11.9. The molecule has 1 N–H and O–H groups in total. The van der Waals surface area contributed by atoms with E-state index in [1.807, 2.05) is 0 Å². The Labute approximate surface area is 218 Å². The van der Waals surface area contributed by atoms with Gasteiger partial charge in [-0.2, -0.15) is 17.6 Å². The highest BCUT2D eigenvalue weighted by Crippen LogP contribution is 2.45. The van der Waals surface area contributed by atoms with E-state index in [-0.39, 0.29) is 6.42 Å². The zero-order chi connectivity index (χ0) is 26.7. The van der Waals surface area contributed by atoms with Crippen molar-refractivity contribution in [2.45, 2.75) is 44.9 Å². The predicted molar refractivity (Wildman–Crippen MR) is 136 cm³/mol. The van der Waals surface area contributed by atoms with Crippen molar-refractivity contribution in [2.75, 3.05) is 7.11 Å². The summed E-state index contributed by atoms with van der Waals surface area (Å²) in [6, 6.07) is 11.3. The van der Waals surface area contributed by atoms with Crippen molar-refractivity contribution in [1.29, 1.82) is 0 Å². The Morgan fingerprint density at radius 1 is 1.00 bits per heavy atom. The van der Waals surface area contributed by atoms with Gasteiger partial charge < -0.3 is 9.84 Å². The highest BCUT2D eigenvalue weighted by atomic mass is 35.5. The molecule has 0 amide bonds. The molecule has 0 fully saturated rings. The first-order valence-electron chi connectivity index (χ1n) is 11.1. The van der Waals surface area contributed by atoms with Gasteiger partial charge in [-0.25, -0.2) is 0 Å². The second-order valence-corrected chi connectivity index (χ2v) is 10.5. The molecule has 0 spiro atoms. The van der Waals surface area contributed by atoms with Crippen molar-refractivity contribution in [3.05, 3.63) is 99.2 Å². The Kier molecular flexibility index (Phi) is 8.47. The molecule has 0 saturated carbocycles. The molecule has 0 heterocycles. The van der Waals surface area contributed by atoms with Crippen LogP contribution in [0.5, 0.6) is 0 Å². The van der Waals surface area contributed by atoms with Crippen LogP contribution in [0.3, 0.4) is 0 Å². The van der Waals surface area contributed by atoms with E-state index >= 15 is 0 Å². The monoisotopic (exact) mass is 540 g/mol. The summed E-state index contributed by atoms with van der Waals surface area (Å²) >= 11 is 12.3. The number of allylic oxidation sites excluding steroid dienone is 4. The van der Waals surface area contributed by atoms with Gasteiger partial charge in [0.15, 0.2) is 11.4 Å². The first-order chi connectivity index (χ1) is 16.7. The van der Waals surface area contributed by atoms with E-state index in [4.69, 9.17) is 27.9 Å². The minimum Gasteiger partial charge on any atom is -0.496 e. The van der Waals surface area contributed by atoms with E-state index in [0.717, 1.165) is 0 Å². The number of alkyl halides is 3. The van der Waals surface area contributed by atoms with Gasteiger partial charge in [-0.1, -0.05) is 67.0 Å². The Hall–Kier alpha value is -2.50. The van der Waals surface area contributed by atoms with E-state index in [1.165, 1.54) is 31.4 Å². The van der Waals surface area contributed by atoms with Gasteiger partial charge >= 0.3 is 6.18 Å². The smallest absolute Gasteiger partial charge is 0.417 e. The lowest BCUT2D eigenvalue weighted by atomic mass is 9.73. The number of ether oxygens (including phenoxy) is 1. The van der Waals surface area contributed by atoms with Gasteiger partial charge in [-0.15, -0.1) is 0 Å². The Balaban J connectivity index is 1.92. The largest absolute Gasteiger partial charge is 0.496 e. The van der Waals surface area contributed by atoms with Crippen LogP contribution < -0.4 is 0 Å². The van der Waals surface area contributed by atoms with E-state index in [1.54, 1.807) is 50.2 Å². The molecule has 36 heavy (non-hydrogen) atoms. The molecule has 2 aromatic rings. The first kappa shape index (κ1) is 28.1. The maximum Gasteiger partial charge on any atom is 0.417 e. The maximum absolute atomic E-state index is 14.3. The quantitative estimate of drug-likeness (QED) is 0.267. The van der Waals surface area contributed by atoms with Crippen LogP contribution in [-0.2, 0) is 11.2 Å². The lowest BCUT2D eigenvalue weighted by Crippen LogP contribution is -2.50. The summed E-state index contributed by atoms with van der Waals surface area (Å²) < 4.78 is 61.8. The average Bonchev–Trinajstić information content (AvgIpc) is 2.95. The van der Waals surface area contributed by atoms with Crippen LogP contribution in [0.15, 0.2) is 83.6 Å². The van der Waals surface area contributed by atoms with Gasteiger partial charge in [0.1, 0.15) is 5.76 Å². The van der Waals surface area contributed by atoms with Crippen LogP contribution in [0.25, 0.3) is 11.1 Å². The molecule has 1 aliphatic carbocycles. The number of hydrogen-bond acceptors (Lipinski definition) is 2. The SMILES string of the molecule is COC1=C(CC(C)(C)CC(O)(Cc2cccc(-c3cc(Cl)ccc3Cl)c2)C(F)(F)F)C=C=C(F)C=C1. The second kappa shape index (κ2) is 10.9. The van der Waals surface area contributed by atoms with Gasteiger partial charge in [0, 0.05) is 27.6 Å². The van der Waals surface area contributed by atoms with Gasteiger partial charge in [-0.3, -0.25) is 0 Å². The predicted octanol–water partition coefficient (Wildman–Crippen LogP) is 8.78. The summed E-state index contributed by atoms with van der Waals surface area (Å²) in [6.45, 7) is 3.24. The summed E-state index contributed by atoms with van der Waals surface area (Å²) in [5.41, 5.74) is 0.315. The van der Waals surface area contributed by atoms with Crippen LogP contribution >= 0.6 is 23.2 Å². The van der Waals surface area contributed by atoms with Crippen molar-refractivity contribution >= 4 is 23.2 Å². The van der Waals surface area contributed by atoms with Crippen LogP contribution in [-0.4, -0.2) is 24.0 Å². The maximum atomic E-state index is 14.3. The fraction of sp³-hybridized carbons (Fsp3) is 0.321. The molecule has 0 aliphatic heterocycles. The van der Waals surface area contributed by atoms with E-state index in [9.17, 15) is 22.7 Å². The molecule has 0 bridgehead atoms. The van der Waals surface area contributed by atoms with Gasteiger partial charge in [0.2, 0.25) is 0 Å². The van der Waals surface area contributed by atoms with Crippen molar-refractivity contribution in [3.8, 4) is 11.1 Å². The number of halogens is 6. The van der Waals surface area contributed by atoms with Gasteiger partial charge in [-0.05, 0) is 65.8 Å². The second-order valence-electron chi connectivity index (χ2n) is 9.61. The van der Waals surface area contributed by atoms with Gasteiger partial charge in [0.05, 0.1) is 7.11 Å². The zero-order valence-corrected chi connectivity index (χ0v) is 21.5. The van der Waals surface area contributed by atoms with Crippen molar-refractivity contribution in [2.24, 2.45) is 5.41 Å². The lowest BCUT2D eigenvalue weighted by molar-refractivity contribution is -0.269. The van der Waals surface area contributed by atoms with E-state index in [0.29, 0.717) is 38.1 Å². The molecule has 1 unspecified atom stereocenters. The van der Waals surface area contributed by atoms with E-state index in [2.05, 4.69) is 5.73 Å². The number of aliphatic hydroxyl groups is 1. The molecule has 0 aromatic heterocycles. The van der Waals surface area contributed by atoms with Crippen LogP contribution in [0.4, 0.5) is 17.6 Å². The number of methoxy groups -OCH3 is 1. The molecular weight excluding hydrogens is 515 g/mol. The third-order valence-electron chi connectivity index (χ3n) is 5.93. The molecule has 0 saturated heterocycles. The Morgan fingerprint density at radius 2 is 1.72 bits per heavy atom. The van der Waals surface area contributed by atoms with Crippen molar-refractivity contribution < 1.29 is 27.4 Å².